The van der Waals surface area contributed by atoms with Crippen molar-refractivity contribution >= 4 is 10.0 Å². The molecule has 6 nitrogen and oxygen atoms in total. The van der Waals surface area contributed by atoms with Crippen molar-refractivity contribution in [2.45, 2.75) is 58.4 Å². The summed E-state index contributed by atoms with van der Waals surface area (Å²) in [5.41, 5.74) is 0.0966. The number of hydrogen-bond donors (Lipinski definition) is 0. The van der Waals surface area contributed by atoms with E-state index in [0.29, 0.717) is 19.5 Å². The van der Waals surface area contributed by atoms with E-state index in [2.05, 4.69) is 21.7 Å². The molecule has 2 aliphatic rings. The van der Waals surface area contributed by atoms with Gasteiger partial charge in [-0.25, -0.2) is 12.7 Å². The Labute approximate surface area is 133 Å². The molecule has 7 heteroatoms. The lowest BCUT2D eigenvalue weighted by Gasteiger charge is -2.42. The van der Waals surface area contributed by atoms with Crippen molar-refractivity contribution in [1.29, 1.82) is 0 Å². The predicted molar refractivity (Wildman–Crippen MR) is 85.0 cm³/mol. The zero-order valence-electron chi connectivity index (χ0n) is 13.5. The molecule has 1 unspecified atom stereocenters. The van der Waals surface area contributed by atoms with E-state index in [9.17, 15) is 8.42 Å². The molecule has 0 amide bonds. The molecule has 22 heavy (non-hydrogen) atoms. The summed E-state index contributed by atoms with van der Waals surface area (Å²) in [5.74, 6) is 1.43. The van der Waals surface area contributed by atoms with Crippen molar-refractivity contribution in [2.24, 2.45) is 5.41 Å². The molecule has 1 aromatic rings. The van der Waals surface area contributed by atoms with Crippen LogP contribution in [0.15, 0.2) is 6.33 Å². The third-order valence-corrected chi connectivity index (χ3v) is 7.23. The first kappa shape index (κ1) is 15.9. The third-order valence-electron chi connectivity index (χ3n) is 5.24. The van der Waals surface area contributed by atoms with E-state index in [0.717, 1.165) is 31.6 Å². The SMILES string of the molecule is CCCn1cnnc1C1CN(S(=O)(=O)CCC)CC12CCC2. The molecule has 124 valence electrons. The van der Waals surface area contributed by atoms with E-state index in [1.54, 1.807) is 10.6 Å². The van der Waals surface area contributed by atoms with Gasteiger partial charge in [0.1, 0.15) is 12.2 Å². The maximum Gasteiger partial charge on any atom is 0.214 e. The van der Waals surface area contributed by atoms with Crippen LogP contribution in [-0.4, -0.2) is 46.3 Å². The van der Waals surface area contributed by atoms with Crippen LogP contribution in [0.1, 0.15) is 57.7 Å². The van der Waals surface area contributed by atoms with Gasteiger partial charge in [-0.05, 0) is 31.1 Å². The molecule has 0 radical (unpaired) electrons. The topological polar surface area (TPSA) is 68.1 Å². The van der Waals surface area contributed by atoms with Crippen LogP contribution in [0.4, 0.5) is 0 Å². The van der Waals surface area contributed by atoms with Gasteiger partial charge in [0.05, 0.1) is 5.75 Å². The normalized spacial score (nSPS) is 24.7. The van der Waals surface area contributed by atoms with E-state index in [1.165, 1.54) is 6.42 Å². The van der Waals surface area contributed by atoms with Gasteiger partial charge in [-0.15, -0.1) is 10.2 Å². The molecule has 0 bridgehead atoms. The number of aromatic nitrogens is 3. The van der Waals surface area contributed by atoms with Crippen LogP contribution in [-0.2, 0) is 16.6 Å². The first-order valence-corrected chi connectivity index (χ1v) is 9.99. The molecule has 2 heterocycles. The van der Waals surface area contributed by atoms with Crippen LogP contribution in [0.25, 0.3) is 0 Å². The highest BCUT2D eigenvalue weighted by Gasteiger charge is 2.54. The molecule has 1 atom stereocenters. The molecule has 1 aliphatic carbocycles. The van der Waals surface area contributed by atoms with Crippen molar-refractivity contribution in [1.82, 2.24) is 19.1 Å². The fourth-order valence-electron chi connectivity index (χ4n) is 3.96. The van der Waals surface area contributed by atoms with E-state index in [4.69, 9.17) is 0 Å². The van der Waals surface area contributed by atoms with Crippen molar-refractivity contribution in [3.63, 3.8) is 0 Å². The summed E-state index contributed by atoms with van der Waals surface area (Å²) in [6, 6.07) is 0. The Kier molecular flexibility index (Phi) is 4.29. The van der Waals surface area contributed by atoms with Crippen LogP contribution in [0.2, 0.25) is 0 Å². The molecular weight excluding hydrogens is 300 g/mol. The fraction of sp³-hybridized carbons (Fsp3) is 0.867. The lowest BCUT2D eigenvalue weighted by molar-refractivity contribution is 0.125. The molecule has 1 aromatic heterocycles. The predicted octanol–water partition coefficient (Wildman–Crippen LogP) is 2.00. The first-order chi connectivity index (χ1) is 10.5. The zero-order chi connectivity index (χ0) is 15.8. The molecular formula is C15H26N4O2S. The second-order valence-corrected chi connectivity index (χ2v) is 8.85. The monoisotopic (exact) mass is 326 g/mol. The lowest BCUT2D eigenvalue weighted by Crippen LogP contribution is -2.38. The van der Waals surface area contributed by atoms with Crippen molar-refractivity contribution in [3.05, 3.63) is 12.2 Å². The molecule has 1 aliphatic heterocycles. The Balaban J connectivity index is 1.89. The van der Waals surface area contributed by atoms with Gasteiger partial charge in [0.2, 0.25) is 10.0 Å². The Morgan fingerprint density at radius 3 is 2.68 bits per heavy atom. The summed E-state index contributed by atoms with van der Waals surface area (Å²) in [6.45, 7) is 6.19. The van der Waals surface area contributed by atoms with Crippen molar-refractivity contribution < 1.29 is 8.42 Å². The van der Waals surface area contributed by atoms with Crippen molar-refractivity contribution in [3.8, 4) is 0 Å². The summed E-state index contributed by atoms with van der Waals surface area (Å²) < 4.78 is 28.8. The quantitative estimate of drug-likeness (QED) is 0.802. The summed E-state index contributed by atoms with van der Waals surface area (Å²) in [7, 11) is -3.13. The number of sulfonamides is 1. The highest BCUT2D eigenvalue weighted by atomic mass is 32.2. The van der Waals surface area contributed by atoms with Gasteiger partial charge in [0.25, 0.3) is 0 Å². The Morgan fingerprint density at radius 1 is 1.32 bits per heavy atom. The van der Waals surface area contributed by atoms with Crippen LogP contribution in [0, 0.1) is 5.41 Å². The minimum atomic E-state index is -3.13. The van der Waals surface area contributed by atoms with Crippen LogP contribution < -0.4 is 0 Å². The van der Waals surface area contributed by atoms with E-state index >= 15 is 0 Å². The molecule has 2 fully saturated rings. The largest absolute Gasteiger partial charge is 0.317 e. The summed E-state index contributed by atoms with van der Waals surface area (Å²) in [5, 5.41) is 8.43. The minimum Gasteiger partial charge on any atom is -0.317 e. The molecule has 1 spiro atoms. The zero-order valence-corrected chi connectivity index (χ0v) is 14.3. The fourth-order valence-corrected chi connectivity index (χ4v) is 5.57. The Bertz CT molecular complexity index is 621. The molecule has 0 aromatic carbocycles. The van der Waals surface area contributed by atoms with Crippen LogP contribution >= 0.6 is 0 Å². The van der Waals surface area contributed by atoms with Crippen LogP contribution in [0.5, 0.6) is 0 Å². The number of aryl methyl sites for hydroxylation is 1. The van der Waals surface area contributed by atoms with Gasteiger partial charge in [0.15, 0.2) is 0 Å². The van der Waals surface area contributed by atoms with E-state index in [-0.39, 0.29) is 17.1 Å². The number of nitrogens with zero attached hydrogens (tertiary/aromatic N) is 4. The first-order valence-electron chi connectivity index (χ1n) is 8.38. The van der Waals surface area contributed by atoms with Gasteiger partial charge in [0, 0.05) is 25.6 Å². The average Bonchev–Trinajstić information content (AvgIpc) is 3.01. The second kappa shape index (κ2) is 5.92. The molecule has 3 rings (SSSR count). The number of rotatable bonds is 6. The molecule has 1 saturated heterocycles. The van der Waals surface area contributed by atoms with Crippen LogP contribution in [0.3, 0.4) is 0 Å². The van der Waals surface area contributed by atoms with Gasteiger partial charge < -0.3 is 4.57 Å². The van der Waals surface area contributed by atoms with Crippen molar-refractivity contribution in [2.75, 3.05) is 18.8 Å². The Morgan fingerprint density at radius 2 is 2.09 bits per heavy atom. The van der Waals surface area contributed by atoms with Gasteiger partial charge in [-0.3, -0.25) is 0 Å². The highest BCUT2D eigenvalue weighted by molar-refractivity contribution is 7.89. The third kappa shape index (κ3) is 2.58. The van der Waals surface area contributed by atoms with Gasteiger partial charge in [-0.1, -0.05) is 20.3 Å². The smallest absolute Gasteiger partial charge is 0.214 e. The van der Waals surface area contributed by atoms with Gasteiger partial charge >= 0.3 is 0 Å². The molecule has 1 saturated carbocycles. The lowest BCUT2D eigenvalue weighted by atomic mass is 9.62. The summed E-state index contributed by atoms with van der Waals surface area (Å²) in [4.78, 5) is 0. The minimum absolute atomic E-state index is 0.0966. The highest BCUT2D eigenvalue weighted by Crippen LogP contribution is 2.55. The standard InChI is InChI=1S/C15H26N4O2S/c1-3-8-18-12-16-17-14(18)13-10-19(22(20,21)9-4-2)11-15(13)6-5-7-15/h12-13H,3-11H2,1-2H3. The molecule has 0 N–H and O–H groups in total. The Hall–Kier alpha value is -0.950. The summed E-state index contributed by atoms with van der Waals surface area (Å²) in [6.07, 6.45) is 6.89. The van der Waals surface area contributed by atoms with Gasteiger partial charge in [-0.2, -0.15) is 0 Å². The maximum absolute atomic E-state index is 12.5. The second-order valence-electron chi connectivity index (χ2n) is 6.76. The maximum atomic E-state index is 12.5. The average molecular weight is 326 g/mol. The summed E-state index contributed by atoms with van der Waals surface area (Å²) >= 11 is 0. The van der Waals surface area contributed by atoms with E-state index < -0.39 is 10.0 Å². The number of hydrogen-bond acceptors (Lipinski definition) is 4. The van der Waals surface area contributed by atoms with E-state index in [1.807, 2.05) is 6.92 Å².